The number of rotatable bonds is 9. The summed E-state index contributed by atoms with van der Waals surface area (Å²) >= 11 is 0. The third kappa shape index (κ3) is 4.64. The van der Waals surface area contributed by atoms with Gasteiger partial charge in [-0.25, -0.2) is 4.98 Å². The Balaban J connectivity index is 1.38. The maximum atomic E-state index is 6.13. The molecule has 4 heterocycles. The first-order chi connectivity index (χ1) is 15.7. The van der Waals surface area contributed by atoms with Crippen molar-refractivity contribution in [2.24, 2.45) is 11.8 Å². The molecular formula is C25H36N4O3. The minimum absolute atomic E-state index is 0.540. The lowest BCUT2D eigenvalue weighted by Crippen LogP contribution is -2.22. The molecule has 2 aromatic rings. The molecule has 7 heteroatoms. The van der Waals surface area contributed by atoms with Gasteiger partial charge in [-0.3, -0.25) is 4.98 Å². The Bertz CT molecular complexity index is 939. The molecule has 1 unspecified atom stereocenters. The SMILES string of the molecule is COc1nc2c(NC[C@@H]3CCOC3)c3c(nc2cc1OCCCN1CCCC1)CC(C)C3. The Morgan fingerprint density at radius 2 is 2.09 bits per heavy atom. The van der Waals surface area contributed by atoms with Crippen LogP contribution in [0.15, 0.2) is 6.07 Å². The molecule has 0 aromatic carbocycles. The lowest BCUT2D eigenvalue weighted by Gasteiger charge is -2.18. The average Bonchev–Trinajstić information content (AvgIpc) is 3.55. The number of nitrogens with zero attached hydrogens (tertiary/aromatic N) is 3. The summed E-state index contributed by atoms with van der Waals surface area (Å²) in [5.41, 5.74) is 5.41. The Hall–Kier alpha value is -2.12. The molecule has 2 aliphatic heterocycles. The molecule has 0 saturated carbocycles. The van der Waals surface area contributed by atoms with E-state index in [-0.39, 0.29) is 0 Å². The molecule has 1 aliphatic carbocycles. The van der Waals surface area contributed by atoms with E-state index >= 15 is 0 Å². The summed E-state index contributed by atoms with van der Waals surface area (Å²) in [4.78, 5) is 12.4. The molecule has 2 saturated heterocycles. The first-order valence-electron chi connectivity index (χ1n) is 12.3. The molecule has 2 aromatic heterocycles. The largest absolute Gasteiger partial charge is 0.488 e. The zero-order valence-electron chi connectivity index (χ0n) is 19.5. The summed E-state index contributed by atoms with van der Waals surface area (Å²) < 4.78 is 17.3. The van der Waals surface area contributed by atoms with Crippen LogP contribution >= 0.6 is 0 Å². The van der Waals surface area contributed by atoms with E-state index in [1.807, 2.05) is 6.07 Å². The number of hydrogen-bond acceptors (Lipinski definition) is 7. The van der Waals surface area contributed by atoms with Gasteiger partial charge in [0, 0.05) is 37.4 Å². The average molecular weight is 441 g/mol. The summed E-state index contributed by atoms with van der Waals surface area (Å²) in [6, 6.07) is 2.02. The van der Waals surface area contributed by atoms with E-state index in [4.69, 9.17) is 24.2 Å². The molecule has 2 fully saturated rings. The van der Waals surface area contributed by atoms with Crippen LogP contribution in [-0.4, -0.2) is 68.0 Å². The van der Waals surface area contributed by atoms with E-state index in [2.05, 4.69) is 17.1 Å². The second kappa shape index (κ2) is 9.79. The number of nitrogens with one attached hydrogen (secondary N) is 1. The monoisotopic (exact) mass is 440 g/mol. The highest BCUT2D eigenvalue weighted by atomic mass is 16.5. The van der Waals surface area contributed by atoms with E-state index in [9.17, 15) is 0 Å². The molecule has 32 heavy (non-hydrogen) atoms. The molecule has 174 valence electrons. The van der Waals surface area contributed by atoms with Crippen molar-refractivity contribution in [1.29, 1.82) is 0 Å². The summed E-state index contributed by atoms with van der Waals surface area (Å²) in [6.07, 6.45) is 6.82. The van der Waals surface area contributed by atoms with Crippen molar-refractivity contribution in [3.05, 3.63) is 17.3 Å². The second-order valence-corrected chi connectivity index (χ2v) is 9.65. The summed E-state index contributed by atoms with van der Waals surface area (Å²) in [6.45, 7) is 9.08. The number of likely N-dealkylation sites (tertiary alicyclic amines) is 1. The van der Waals surface area contributed by atoms with Gasteiger partial charge in [0.05, 0.1) is 31.5 Å². The topological polar surface area (TPSA) is 68.7 Å². The van der Waals surface area contributed by atoms with Gasteiger partial charge < -0.3 is 24.4 Å². The molecule has 2 atom stereocenters. The van der Waals surface area contributed by atoms with Gasteiger partial charge in [-0.15, -0.1) is 0 Å². The lowest BCUT2D eigenvalue weighted by molar-refractivity contribution is 0.187. The van der Waals surface area contributed by atoms with Gasteiger partial charge in [-0.1, -0.05) is 6.92 Å². The van der Waals surface area contributed by atoms with E-state index in [0.717, 1.165) is 68.7 Å². The van der Waals surface area contributed by atoms with Crippen LogP contribution in [0.1, 0.15) is 43.9 Å². The van der Waals surface area contributed by atoms with Gasteiger partial charge in [0.1, 0.15) is 5.52 Å². The molecule has 0 amide bonds. The van der Waals surface area contributed by atoms with Gasteiger partial charge in [-0.2, -0.15) is 0 Å². The van der Waals surface area contributed by atoms with Gasteiger partial charge in [0.15, 0.2) is 5.75 Å². The Morgan fingerprint density at radius 1 is 1.22 bits per heavy atom. The summed E-state index contributed by atoms with van der Waals surface area (Å²) in [5.74, 6) is 2.38. The Labute approximate surface area is 190 Å². The van der Waals surface area contributed by atoms with E-state index < -0.39 is 0 Å². The molecule has 3 aliphatic rings. The third-order valence-corrected chi connectivity index (χ3v) is 7.03. The van der Waals surface area contributed by atoms with Gasteiger partial charge >= 0.3 is 0 Å². The highest BCUT2D eigenvalue weighted by Crippen LogP contribution is 2.39. The second-order valence-electron chi connectivity index (χ2n) is 9.65. The zero-order valence-corrected chi connectivity index (χ0v) is 19.5. The molecule has 5 rings (SSSR count). The number of pyridine rings is 2. The number of methoxy groups -OCH3 is 1. The molecule has 7 nitrogen and oxygen atoms in total. The lowest BCUT2D eigenvalue weighted by atomic mass is 10.1. The molecular weight excluding hydrogens is 404 g/mol. The Kier molecular flexibility index (Phi) is 6.64. The molecule has 0 spiro atoms. The van der Waals surface area contributed by atoms with Crippen LogP contribution in [0, 0.1) is 11.8 Å². The van der Waals surface area contributed by atoms with Crippen LogP contribution < -0.4 is 14.8 Å². The van der Waals surface area contributed by atoms with E-state index in [1.54, 1.807) is 7.11 Å². The highest BCUT2D eigenvalue weighted by Gasteiger charge is 2.27. The Morgan fingerprint density at radius 3 is 2.88 bits per heavy atom. The predicted molar refractivity (Wildman–Crippen MR) is 126 cm³/mol. The van der Waals surface area contributed by atoms with Crippen LogP contribution in [0.4, 0.5) is 5.69 Å². The van der Waals surface area contributed by atoms with Crippen LogP contribution in [0.3, 0.4) is 0 Å². The van der Waals surface area contributed by atoms with Gasteiger partial charge in [-0.05, 0) is 63.1 Å². The van der Waals surface area contributed by atoms with Crippen LogP contribution in [0.25, 0.3) is 11.0 Å². The van der Waals surface area contributed by atoms with Crippen LogP contribution in [0.2, 0.25) is 0 Å². The maximum Gasteiger partial charge on any atom is 0.257 e. The first-order valence-corrected chi connectivity index (χ1v) is 12.3. The van der Waals surface area contributed by atoms with Crippen molar-refractivity contribution in [3.8, 4) is 11.6 Å². The van der Waals surface area contributed by atoms with Crippen LogP contribution in [0.5, 0.6) is 11.6 Å². The minimum Gasteiger partial charge on any atom is -0.488 e. The zero-order chi connectivity index (χ0) is 21.9. The van der Waals surface area contributed by atoms with Crippen molar-refractivity contribution in [3.63, 3.8) is 0 Å². The number of anilines is 1. The van der Waals surface area contributed by atoms with E-state index in [1.165, 1.54) is 37.2 Å². The number of hydrogen-bond donors (Lipinski definition) is 1. The normalized spacial score (nSPS) is 23.1. The fourth-order valence-electron chi connectivity index (χ4n) is 5.28. The van der Waals surface area contributed by atoms with Crippen molar-refractivity contribution in [2.75, 3.05) is 58.4 Å². The van der Waals surface area contributed by atoms with Crippen LogP contribution in [-0.2, 0) is 17.6 Å². The fraction of sp³-hybridized carbons (Fsp3) is 0.680. The first kappa shape index (κ1) is 21.7. The predicted octanol–water partition coefficient (Wildman–Crippen LogP) is 3.69. The summed E-state index contributed by atoms with van der Waals surface area (Å²) in [5, 5.41) is 3.72. The minimum atomic E-state index is 0.540. The quantitative estimate of drug-likeness (QED) is 0.597. The maximum absolute atomic E-state index is 6.13. The van der Waals surface area contributed by atoms with Gasteiger partial charge in [0.25, 0.3) is 5.88 Å². The molecule has 0 radical (unpaired) electrons. The smallest absolute Gasteiger partial charge is 0.257 e. The third-order valence-electron chi connectivity index (χ3n) is 7.03. The van der Waals surface area contributed by atoms with Crippen molar-refractivity contribution < 1.29 is 14.2 Å². The van der Waals surface area contributed by atoms with E-state index in [0.29, 0.717) is 30.1 Å². The van der Waals surface area contributed by atoms with Crippen molar-refractivity contribution in [1.82, 2.24) is 14.9 Å². The summed E-state index contributed by atoms with van der Waals surface area (Å²) in [7, 11) is 1.66. The number of fused-ring (bicyclic) bond motifs is 2. The fourth-order valence-corrected chi connectivity index (χ4v) is 5.28. The number of aromatic nitrogens is 2. The van der Waals surface area contributed by atoms with Gasteiger partial charge in [0.2, 0.25) is 0 Å². The van der Waals surface area contributed by atoms with Crippen molar-refractivity contribution in [2.45, 2.75) is 45.4 Å². The highest BCUT2D eigenvalue weighted by molar-refractivity contribution is 5.91. The van der Waals surface area contributed by atoms with Crippen molar-refractivity contribution >= 4 is 16.7 Å². The standard InChI is InChI=1S/C25H36N4O3/c1-17-12-19-20(13-17)27-21-14-22(32-10-5-9-29-7-3-4-8-29)25(30-2)28-24(21)23(19)26-15-18-6-11-31-16-18/h14,17-18H,3-13,15-16H2,1-2H3,(H,26,27)/t17?,18-/m0/s1. The number of ether oxygens (including phenoxy) is 3. The molecule has 0 bridgehead atoms. The molecule has 1 N–H and O–H groups in total.